The van der Waals surface area contributed by atoms with E-state index in [-0.39, 0.29) is 0 Å². The summed E-state index contributed by atoms with van der Waals surface area (Å²) in [5.74, 6) is -7.86. The van der Waals surface area contributed by atoms with E-state index in [9.17, 15) is 17.6 Å². The lowest BCUT2D eigenvalue weighted by Crippen LogP contribution is -2.03. The first-order valence-electron chi connectivity index (χ1n) is 2.82. The summed E-state index contributed by atoms with van der Waals surface area (Å²) in [6.45, 7) is 0. The number of ether oxygens (including phenoxy) is 1. The van der Waals surface area contributed by atoms with Gasteiger partial charge in [0.2, 0.25) is 11.6 Å². The van der Waals surface area contributed by atoms with Gasteiger partial charge in [0.1, 0.15) is 0 Å². The number of pyridine rings is 1. The monoisotopic (exact) mass is 181 g/mol. The van der Waals surface area contributed by atoms with Crippen LogP contribution in [0.1, 0.15) is 0 Å². The van der Waals surface area contributed by atoms with Crippen LogP contribution in [0, 0.1) is 23.5 Å². The lowest BCUT2D eigenvalue weighted by molar-refractivity contribution is 0.317. The summed E-state index contributed by atoms with van der Waals surface area (Å²) in [5.41, 5.74) is 0. The molecule has 66 valence electrons. The predicted octanol–water partition coefficient (Wildman–Crippen LogP) is 1.65. The Morgan fingerprint density at radius 1 is 1.00 bits per heavy atom. The smallest absolute Gasteiger partial charge is 0.255 e. The second kappa shape index (κ2) is 2.96. The topological polar surface area (TPSA) is 22.1 Å². The molecule has 1 aromatic heterocycles. The van der Waals surface area contributed by atoms with E-state index in [0.717, 1.165) is 7.11 Å². The van der Waals surface area contributed by atoms with Gasteiger partial charge in [-0.15, -0.1) is 0 Å². The lowest BCUT2D eigenvalue weighted by atomic mass is 10.4. The van der Waals surface area contributed by atoms with Crippen LogP contribution in [0.25, 0.3) is 0 Å². The van der Waals surface area contributed by atoms with Gasteiger partial charge in [0.05, 0.1) is 7.11 Å². The standard InChI is InChI=1S/C6H3F4NO/c1-12-4-2(7)5(9)11-6(10)3(4)8/h1H3. The highest BCUT2D eigenvalue weighted by Gasteiger charge is 2.20. The highest BCUT2D eigenvalue weighted by molar-refractivity contribution is 5.23. The van der Waals surface area contributed by atoms with Crippen LogP contribution in [0.15, 0.2) is 0 Å². The van der Waals surface area contributed by atoms with Crippen molar-refractivity contribution < 1.29 is 22.3 Å². The zero-order chi connectivity index (χ0) is 9.30. The molecule has 0 unspecified atom stereocenters. The molecule has 1 aromatic rings. The van der Waals surface area contributed by atoms with Crippen molar-refractivity contribution in [2.45, 2.75) is 0 Å². The van der Waals surface area contributed by atoms with Crippen LogP contribution in [-0.4, -0.2) is 12.1 Å². The molecule has 0 bridgehead atoms. The Hall–Kier alpha value is -1.33. The Morgan fingerprint density at radius 2 is 1.42 bits per heavy atom. The fourth-order valence-corrected chi connectivity index (χ4v) is 0.647. The number of hydrogen-bond acceptors (Lipinski definition) is 2. The van der Waals surface area contributed by atoms with Crippen molar-refractivity contribution in [3.8, 4) is 5.75 Å². The number of nitrogens with zero attached hydrogens (tertiary/aromatic N) is 1. The fraction of sp³-hybridized carbons (Fsp3) is 0.167. The van der Waals surface area contributed by atoms with Gasteiger partial charge in [-0.25, -0.2) is 0 Å². The third kappa shape index (κ3) is 1.19. The van der Waals surface area contributed by atoms with Crippen molar-refractivity contribution in [2.24, 2.45) is 0 Å². The van der Waals surface area contributed by atoms with Crippen LogP contribution in [-0.2, 0) is 0 Å². The van der Waals surface area contributed by atoms with Gasteiger partial charge in [0.25, 0.3) is 11.9 Å². The van der Waals surface area contributed by atoms with E-state index in [1.807, 2.05) is 0 Å². The van der Waals surface area contributed by atoms with Gasteiger partial charge in [-0.2, -0.15) is 22.5 Å². The summed E-state index contributed by atoms with van der Waals surface area (Å²) >= 11 is 0. The SMILES string of the molecule is COc1c(F)c(F)nc(F)c1F. The van der Waals surface area contributed by atoms with Crippen LogP contribution < -0.4 is 4.74 Å². The minimum atomic E-state index is -1.73. The Labute approximate surface area is 64.8 Å². The molecule has 12 heavy (non-hydrogen) atoms. The Kier molecular flexibility index (Phi) is 2.16. The molecule has 2 nitrogen and oxygen atoms in total. The molecule has 1 rings (SSSR count). The van der Waals surface area contributed by atoms with Crippen molar-refractivity contribution in [3.05, 3.63) is 23.5 Å². The molecule has 0 saturated heterocycles. The van der Waals surface area contributed by atoms with Gasteiger partial charge in [-0.3, -0.25) is 0 Å². The van der Waals surface area contributed by atoms with E-state index >= 15 is 0 Å². The third-order valence-electron chi connectivity index (χ3n) is 1.16. The maximum Gasteiger partial charge on any atom is 0.255 e. The summed E-state index contributed by atoms with van der Waals surface area (Å²) < 4.78 is 53.5. The molecule has 0 spiro atoms. The van der Waals surface area contributed by atoms with Crippen molar-refractivity contribution in [3.63, 3.8) is 0 Å². The van der Waals surface area contributed by atoms with E-state index in [1.165, 1.54) is 0 Å². The molecule has 0 amide bonds. The molecule has 0 aliphatic heterocycles. The fourth-order valence-electron chi connectivity index (χ4n) is 0.647. The third-order valence-corrected chi connectivity index (χ3v) is 1.16. The summed E-state index contributed by atoms with van der Waals surface area (Å²) in [7, 11) is 0.889. The van der Waals surface area contributed by atoms with Gasteiger partial charge < -0.3 is 4.74 Å². The van der Waals surface area contributed by atoms with Gasteiger partial charge in [-0.05, 0) is 0 Å². The molecule has 0 aliphatic rings. The molecule has 0 atom stereocenters. The van der Waals surface area contributed by atoms with Crippen LogP contribution in [0.4, 0.5) is 17.6 Å². The first-order valence-corrected chi connectivity index (χ1v) is 2.82. The second-order valence-corrected chi connectivity index (χ2v) is 1.85. The maximum absolute atomic E-state index is 12.5. The molecule has 0 radical (unpaired) electrons. The summed E-state index contributed by atoms with van der Waals surface area (Å²) in [6.07, 6.45) is 0. The van der Waals surface area contributed by atoms with E-state index in [4.69, 9.17) is 0 Å². The molecule has 6 heteroatoms. The quantitative estimate of drug-likeness (QED) is 0.485. The van der Waals surface area contributed by atoms with Gasteiger partial charge in [-0.1, -0.05) is 0 Å². The zero-order valence-corrected chi connectivity index (χ0v) is 5.87. The highest BCUT2D eigenvalue weighted by atomic mass is 19.2. The molecule has 1 heterocycles. The Balaban J connectivity index is 3.42. The van der Waals surface area contributed by atoms with Crippen molar-refractivity contribution in [1.29, 1.82) is 0 Å². The van der Waals surface area contributed by atoms with Crippen LogP contribution in [0.3, 0.4) is 0 Å². The van der Waals surface area contributed by atoms with Crippen LogP contribution >= 0.6 is 0 Å². The van der Waals surface area contributed by atoms with E-state index in [1.54, 1.807) is 0 Å². The highest BCUT2D eigenvalue weighted by Crippen LogP contribution is 2.23. The normalized spacial score (nSPS) is 10.1. The first-order chi connectivity index (χ1) is 5.57. The number of hydrogen-bond donors (Lipinski definition) is 0. The van der Waals surface area contributed by atoms with Gasteiger partial charge in [0.15, 0.2) is 5.75 Å². The number of rotatable bonds is 1. The van der Waals surface area contributed by atoms with Crippen LogP contribution in [0.2, 0.25) is 0 Å². The van der Waals surface area contributed by atoms with Gasteiger partial charge in [0, 0.05) is 0 Å². The number of halogens is 4. The van der Waals surface area contributed by atoms with Crippen molar-refractivity contribution in [2.75, 3.05) is 7.11 Å². The summed E-state index contributed by atoms with van der Waals surface area (Å²) in [5, 5.41) is 0. The van der Waals surface area contributed by atoms with Crippen molar-refractivity contribution >= 4 is 0 Å². The Bertz CT molecular complexity index is 289. The molecule has 0 fully saturated rings. The van der Waals surface area contributed by atoms with E-state index in [0.29, 0.717) is 0 Å². The molecular formula is C6H3F4NO. The second-order valence-electron chi connectivity index (χ2n) is 1.85. The maximum atomic E-state index is 12.5. The summed E-state index contributed by atoms with van der Waals surface area (Å²) in [6, 6.07) is 0. The number of aromatic nitrogens is 1. The van der Waals surface area contributed by atoms with Crippen LogP contribution in [0.5, 0.6) is 5.75 Å². The molecule has 0 aliphatic carbocycles. The minimum absolute atomic E-state index is 0.889. The zero-order valence-electron chi connectivity index (χ0n) is 5.87. The average molecular weight is 181 g/mol. The van der Waals surface area contributed by atoms with E-state index < -0.39 is 29.3 Å². The van der Waals surface area contributed by atoms with Crippen molar-refractivity contribution in [1.82, 2.24) is 4.98 Å². The summed E-state index contributed by atoms with van der Waals surface area (Å²) in [4.78, 5) is 2.32. The molecular weight excluding hydrogens is 178 g/mol. The first kappa shape index (κ1) is 8.76. The van der Waals surface area contributed by atoms with Gasteiger partial charge >= 0.3 is 0 Å². The van der Waals surface area contributed by atoms with E-state index in [2.05, 4.69) is 9.72 Å². The largest absolute Gasteiger partial charge is 0.491 e. The molecule has 0 saturated carbocycles. The Morgan fingerprint density at radius 3 is 1.75 bits per heavy atom. The molecule has 0 aromatic carbocycles. The number of methoxy groups -OCH3 is 1. The lowest BCUT2D eigenvalue weighted by Gasteiger charge is -2.02. The predicted molar refractivity (Wildman–Crippen MR) is 30.6 cm³/mol. The molecule has 0 N–H and O–H groups in total. The average Bonchev–Trinajstić information content (AvgIpc) is 2.02. The minimum Gasteiger partial charge on any atom is -0.491 e.